The summed E-state index contributed by atoms with van der Waals surface area (Å²) in [4.78, 5) is 18.0. The molecule has 0 bridgehead atoms. The van der Waals surface area contributed by atoms with Gasteiger partial charge in [-0.05, 0) is 60.7 Å². The van der Waals surface area contributed by atoms with E-state index in [1.807, 2.05) is 10.6 Å². The molecule has 1 amide bonds. The lowest BCUT2D eigenvalue weighted by atomic mass is 9.99. The third kappa shape index (κ3) is 4.85. The summed E-state index contributed by atoms with van der Waals surface area (Å²) in [6, 6.07) is 10.9. The summed E-state index contributed by atoms with van der Waals surface area (Å²) in [6.45, 7) is 4.87. The van der Waals surface area contributed by atoms with Gasteiger partial charge in [-0.15, -0.1) is 6.42 Å². The molecule has 1 aliphatic heterocycles. The number of fused-ring (bicyclic) bond motifs is 1. The summed E-state index contributed by atoms with van der Waals surface area (Å²) in [5.74, 6) is 1.57. The lowest BCUT2D eigenvalue weighted by Crippen LogP contribution is -2.42. The van der Waals surface area contributed by atoms with Crippen molar-refractivity contribution in [2.75, 3.05) is 13.1 Å². The van der Waals surface area contributed by atoms with E-state index >= 15 is 0 Å². The minimum absolute atomic E-state index is 0.0104. The molecule has 2 aromatic carbocycles. The number of hydrogen-bond acceptors (Lipinski definition) is 4. The van der Waals surface area contributed by atoms with E-state index in [9.17, 15) is 17.6 Å². The van der Waals surface area contributed by atoms with Gasteiger partial charge in [-0.2, -0.15) is 9.30 Å². The number of rotatable bonds is 5. The molecule has 9 heteroatoms. The molecule has 1 aliphatic rings. The van der Waals surface area contributed by atoms with Gasteiger partial charge in [-0.1, -0.05) is 37.2 Å². The van der Waals surface area contributed by atoms with E-state index in [2.05, 4.69) is 36.9 Å². The van der Waals surface area contributed by atoms with E-state index in [4.69, 9.17) is 6.42 Å². The Morgan fingerprint density at radius 2 is 2.00 bits per heavy atom. The number of nitrogens with zero attached hydrogens (tertiary/aromatic N) is 3. The van der Waals surface area contributed by atoms with Crippen LogP contribution in [-0.4, -0.2) is 36.3 Å². The molecule has 0 spiro atoms. The number of sulfonamides is 1. The molecule has 0 N–H and O–H groups in total. The summed E-state index contributed by atoms with van der Waals surface area (Å²) in [7, 11) is -3.82. The first-order valence-corrected chi connectivity index (χ1v) is 13.4. The number of thiazole rings is 1. The van der Waals surface area contributed by atoms with Crippen LogP contribution in [0, 0.1) is 24.1 Å². The number of carbonyl (C=O) groups excluding carboxylic acids is 1. The summed E-state index contributed by atoms with van der Waals surface area (Å²) < 4.78 is 43.4. The lowest BCUT2D eigenvalue weighted by molar-refractivity contribution is -0.122. The number of carbonyl (C=O) groups is 1. The minimum atomic E-state index is -3.82. The molecule has 0 radical (unpaired) electrons. The van der Waals surface area contributed by atoms with Gasteiger partial charge in [0.25, 0.3) is 5.91 Å². The van der Waals surface area contributed by atoms with E-state index in [1.165, 1.54) is 33.3 Å². The molecule has 178 valence electrons. The van der Waals surface area contributed by atoms with Gasteiger partial charge < -0.3 is 4.57 Å². The van der Waals surface area contributed by atoms with E-state index in [1.54, 1.807) is 0 Å². The number of aromatic nitrogens is 1. The van der Waals surface area contributed by atoms with Crippen molar-refractivity contribution >= 4 is 37.5 Å². The molecule has 1 saturated heterocycles. The molecule has 34 heavy (non-hydrogen) atoms. The molecule has 1 fully saturated rings. The second-order valence-electron chi connectivity index (χ2n) is 8.66. The maximum absolute atomic E-state index is 13.2. The van der Waals surface area contributed by atoms with Crippen LogP contribution in [0.3, 0.4) is 0 Å². The molecule has 4 rings (SSSR count). The first kappa shape index (κ1) is 24.3. The quantitative estimate of drug-likeness (QED) is 0.496. The highest BCUT2D eigenvalue weighted by Gasteiger charge is 2.33. The first-order valence-electron chi connectivity index (χ1n) is 11.1. The normalized spacial score (nSPS) is 17.9. The van der Waals surface area contributed by atoms with E-state index in [0.29, 0.717) is 30.1 Å². The molecule has 1 atom stereocenters. The fourth-order valence-electron chi connectivity index (χ4n) is 4.08. The average molecular weight is 500 g/mol. The zero-order valence-electron chi connectivity index (χ0n) is 19.1. The van der Waals surface area contributed by atoms with Crippen molar-refractivity contribution in [2.24, 2.45) is 10.9 Å². The van der Waals surface area contributed by atoms with Crippen LogP contribution in [0.5, 0.6) is 0 Å². The maximum Gasteiger partial charge on any atom is 0.252 e. The van der Waals surface area contributed by atoms with Crippen LogP contribution in [0.2, 0.25) is 0 Å². The van der Waals surface area contributed by atoms with Crippen LogP contribution in [-0.2, 0) is 21.4 Å². The third-order valence-electron chi connectivity index (χ3n) is 6.01. The number of piperidine rings is 1. The highest BCUT2D eigenvalue weighted by Crippen LogP contribution is 2.26. The second kappa shape index (κ2) is 9.82. The highest BCUT2D eigenvalue weighted by atomic mass is 32.2. The van der Waals surface area contributed by atoms with Crippen LogP contribution < -0.4 is 4.80 Å². The summed E-state index contributed by atoms with van der Waals surface area (Å²) >= 11 is 1.40. The minimum Gasteiger partial charge on any atom is -0.305 e. The van der Waals surface area contributed by atoms with Gasteiger partial charge >= 0.3 is 0 Å². The molecular weight excluding hydrogens is 473 g/mol. The zero-order chi connectivity index (χ0) is 24.5. The van der Waals surface area contributed by atoms with Crippen LogP contribution in [0.1, 0.15) is 38.2 Å². The molecule has 6 nitrogen and oxygen atoms in total. The molecule has 1 unspecified atom stereocenters. The third-order valence-corrected chi connectivity index (χ3v) is 8.93. The van der Waals surface area contributed by atoms with Crippen LogP contribution >= 0.6 is 11.3 Å². The topological polar surface area (TPSA) is 71.7 Å². The van der Waals surface area contributed by atoms with Crippen molar-refractivity contribution in [3.8, 4) is 12.3 Å². The summed E-state index contributed by atoms with van der Waals surface area (Å²) in [5.41, 5.74) is 2.11. The number of amides is 1. The Morgan fingerprint density at radius 1 is 1.26 bits per heavy atom. The monoisotopic (exact) mass is 499 g/mol. The van der Waals surface area contributed by atoms with Crippen molar-refractivity contribution < 1.29 is 17.6 Å². The Labute approximate surface area is 202 Å². The van der Waals surface area contributed by atoms with Crippen LogP contribution in [0.15, 0.2) is 52.4 Å². The SMILES string of the molecule is C#CCn1c(=NC(=O)C2CCCN(S(=O)(=O)c3ccc(F)cc3)C2)sc2cc(C(C)C)ccc21. The van der Waals surface area contributed by atoms with Crippen molar-refractivity contribution in [3.63, 3.8) is 0 Å². The van der Waals surface area contributed by atoms with E-state index in [-0.39, 0.29) is 23.9 Å². The van der Waals surface area contributed by atoms with E-state index < -0.39 is 21.8 Å². The summed E-state index contributed by atoms with van der Waals surface area (Å²) in [5, 5.41) is 0. The van der Waals surface area contributed by atoms with Gasteiger partial charge in [0.15, 0.2) is 4.80 Å². The fraction of sp³-hybridized carbons (Fsp3) is 0.360. The fourth-order valence-corrected chi connectivity index (χ4v) is 6.69. The van der Waals surface area contributed by atoms with Gasteiger partial charge in [-0.25, -0.2) is 12.8 Å². The second-order valence-corrected chi connectivity index (χ2v) is 11.6. The molecule has 2 heterocycles. The molecular formula is C25H26FN3O3S2. The van der Waals surface area contributed by atoms with Gasteiger partial charge in [0, 0.05) is 13.1 Å². The Kier molecular flexibility index (Phi) is 7.03. The molecule has 0 saturated carbocycles. The van der Waals surface area contributed by atoms with Gasteiger partial charge in [0.05, 0.1) is 27.6 Å². The largest absolute Gasteiger partial charge is 0.305 e. The standard InChI is InChI=1S/C25H26FN3O3S2/c1-4-13-29-22-12-7-18(17(2)3)15-23(22)33-25(29)27-24(30)19-6-5-14-28(16-19)34(31,32)21-10-8-20(26)9-11-21/h1,7-12,15,17,19H,5-6,13-14,16H2,2-3H3. The number of halogens is 1. The van der Waals surface area contributed by atoms with Crippen molar-refractivity contribution in [1.29, 1.82) is 0 Å². The molecule has 0 aliphatic carbocycles. The molecule has 1 aromatic heterocycles. The number of terminal acetylenes is 1. The summed E-state index contributed by atoms with van der Waals surface area (Å²) in [6.07, 6.45) is 6.67. The van der Waals surface area contributed by atoms with Crippen LogP contribution in [0.25, 0.3) is 10.2 Å². The van der Waals surface area contributed by atoms with E-state index in [0.717, 1.165) is 22.3 Å². The van der Waals surface area contributed by atoms with Crippen LogP contribution in [0.4, 0.5) is 4.39 Å². The van der Waals surface area contributed by atoms with Gasteiger partial charge in [0.2, 0.25) is 10.0 Å². The Morgan fingerprint density at radius 3 is 2.68 bits per heavy atom. The zero-order valence-corrected chi connectivity index (χ0v) is 20.7. The van der Waals surface area contributed by atoms with Crippen molar-refractivity contribution in [3.05, 3.63) is 58.6 Å². The predicted octanol–water partition coefficient (Wildman–Crippen LogP) is 4.13. The Bertz CT molecular complexity index is 1430. The smallest absolute Gasteiger partial charge is 0.252 e. The number of hydrogen-bond donors (Lipinski definition) is 0. The van der Waals surface area contributed by atoms with Gasteiger partial charge in [0.1, 0.15) is 5.82 Å². The average Bonchev–Trinajstić information content (AvgIpc) is 3.15. The number of benzene rings is 2. The van der Waals surface area contributed by atoms with Crippen molar-refractivity contribution in [1.82, 2.24) is 8.87 Å². The first-order chi connectivity index (χ1) is 16.2. The lowest BCUT2D eigenvalue weighted by Gasteiger charge is -2.30. The van der Waals surface area contributed by atoms with Gasteiger partial charge in [-0.3, -0.25) is 4.79 Å². The predicted molar refractivity (Wildman–Crippen MR) is 131 cm³/mol. The maximum atomic E-state index is 13.2. The van der Waals surface area contributed by atoms with Crippen molar-refractivity contribution in [2.45, 2.75) is 44.0 Å². The molecule has 3 aromatic rings. The Balaban J connectivity index is 1.64. The highest BCUT2D eigenvalue weighted by molar-refractivity contribution is 7.89. The Hall–Kier alpha value is -2.80.